The molecule has 0 amide bonds. The second-order valence-corrected chi connectivity index (χ2v) is 6.10. The van der Waals surface area contributed by atoms with Crippen molar-refractivity contribution in [3.8, 4) is 0 Å². The van der Waals surface area contributed by atoms with Crippen LogP contribution in [0, 0.1) is 0 Å². The molecule has 2 aromatic rings. The van der Waals surface area contributed by atoms with Crippen LogP contribution in [0.1, 0.15) is 63.5 Å². The first kappa shape index (κ1) is 15.9. The Kier molecular flexibility index (Phi) is 6.10. The zero-order chi connectivity index (χ0) is 15.1. The first-order valence-electron chi connectivity index (χ1n) is 8.56. The number of benzene rings is 2. The van der Waals surface area contributed by atoms with Crippen molar-refractivity contribution in [3.05, 3.63) is 41.5 Å². The summed E-state index contributed by atoms with van der Waals surface area (Å²) in [4.78, 5) is 0. The van der Waals surface area contributed by atoms with E-state index in [1.165, 1.54) is 66.8 Å². The molecule has 0 aliphatic heterocycles. The van der Waals surface area contributed by atoms with E-state index < -0.39 is 0 Å². The largest absolute Gasteiger partial charge is 0.398 e. The zero-order valence-corrected chi connectivity index (χ0v) is 13.6. The van der Waals surface area contributed by atoms with Gasteiger partial charge in [0, 0.05) is 5.69 Å². The Morgan fingerprint density at radius 1 is 0.810 bits per heavy atom. The van der Waals surface area contributed by atoms with Crippen LogP contribution in [0.15, 0.2) is 30.3 Å². The molecular formula is C20H29N. The van der Waals surface area contributed by atoms with E-state index >= 15 is 0 Å². The van der Waals surface area contributed by atoms with Gasteiger partial charge in [0.1, 0.15) is 0 Å². The number of aryl methyl sites for hydroxylation is 2. The van der Waals surface area contributed by atoms with Gasteiger partial charge in [0.05, 0.1) is 0 Å². The first-order valence-corrected chi connectivity index (χ1v) is 8.56. The number of hydrogen-bond donors (Lipinski definition) is 1. The van der Waals surface area contributed by atoms with E-state index in [0.717, 1.165) is 12.1 Å². The number of nitrogen functional groups attached to an aromatic ring is 1. The van der Waals surface area contributed by atoms with Crippen molar-refractivity contribution < 1.29 is 0 Å². The Morgan fingerprint density at radius 3 is 2.19 bits per heavy atom. The predicted molar refractivity (Wildman–Crippen MR) is 94.8 cm³/mol. The van der Waals surface area contributed by atoms with Crippen LogP contribution in [0.25, 0.3) is 10.8 Å². The maximum absolute atomic E-state index is 6.24. The molecule has 2 N–H and O–H groups in total. The molecule has 0 aliphatic rings. The van der Waals surface area contributed by atoms with Gasteiger partial charge in [-0.2, -0.15) is 0 Å². The van der Waals surface area contributed by atoms with E-state index in [1.807, 2.05) is 0 Å². The second kappa shape index (κ2) is 8.07. The maximum Gasteiger partial charge on any atom is 0.0353 e. The summed E-state index contributed by atoms with van der Waals surface area (Å²) in [6.07, 6.45) is 9.96. The van der Waals surface area contributed by atoms with Crippen LogP contribution >= 0.6 is 0 Å². The average molecular weight is 283 g/mol. The van der Waals surface area contributed by atoms with E-state index in [2.05, 4.69) is 44.2 Å². The van der Waals surface area contributed by atoms with Crippen LogP contribution in [0.4, 0.5) is 5.69 Å². The van der Waals surface area contributed by atoms with E-state index in [0.29, 0.717) is 0 Å². The molecule has 2 rings (SSSR count). The van der Waals surface area contributed by atoms with Gasteiger partial charge in [-0.05, 0) is 53.6 Å². The van der Waals surface area contributed by atoms with E-state index in [9.17, 15) is 0 Å². The van der Waals surface area contributed by atoms with Crippen LogP contribution in [-0.2, 0) is 12.8 Å². The number of anilines is 1. The van der Waals surface area contributed by atoms with Gasteiger partial charge in [-0.3, -0.25) is 0 Å². The van der Waals surface area contributed by atoms with E-state index in [4.69, 9.17) is 5.73 Å². The van der Waals surface area contributed by atoms with Gasteiger partial charge in [0.2, 0.25) is 0 Å². The Morgan fingerprint density at radius 2 is 1.48 bits per heavy atom. The van der Waals surface area contributed by atoms with Gasteiger partial charge in [-0.15, -0.1) is 0 Å². The zero-order valence-electron chi connectivity index (χ0n) is 13.6. The van der Waals surface area contributed by atoms with Crippen LogP contribution < -0.4 is 5.73 Å². The molecule has 21 heavy (non-hydrogen) atoms. The molecule has 0 atom stereocenters. The number of unbranched alkanes of at least 4 members (excludes halogenated alkanes) is 4. The molecule has 0 saturated carbocycles. The molecule has 1 nitrogen and oxygen atoms in total. The molecule has 0 aromatic heterocycles. The van der Waals surface area contributed by atoms with Crippen LogP contribution in [0.2, 0.25) is 0 Å². The van der Waals surface area contributed by atoms with Gasteiger partial charge in [0.25, 0.3) is 0 Å². The highest BCUT2D eigenvalue weighted by Gasteiger charge is 2.06. The summed E-state index contributed by atoms with van der Waals surface area (Å²) in [5, 5.41) is 2.70. The van der Waals surface area contributed by atoms with Gasteiger partial charge in [-0.1, -0.05) is 63.8 Å². The Hall–Kier alpha value is -1.50. The number of fused-ring (bicyclic) bond motifs is 1. The lowest BCUT2D eigenvalue weighted by molar-refractivity contribution is 0.716. The minimum absolute atomic E-state index is 0.962. The number of hydrogen-bond acceptors (Lipinski definition) is 1. The van der Waals surface area contributed by atoms with Gasteiger partial charge in [-0.25, -0.2) is 0 Å². The molecule has 0 saturated heterocycles. The third-order valence-electron chi connectivity index (χ3n) is 4.33. The van der Waals surface area contributed by atoms with Gasteiger partial charge in [0.15, 0.2) is 0 Å². The minimum atomic E-state index is 0.962. The van der Waals surface area contributed by atoms with Crippen molar-refractivity contribution in [3.63, 3.8) is 0 Å². The molecule has 0 radical (unpaired) electrons. The SMILES string of the molecule is CCCCCc1ccc2ccc(N)c(CCCCC)c2c1. The third-order valence-corrected chi connectivity index (χ3v) is 4.33. The van der Waals surface area contributed by atoms with Crippen molar-refractivity contribution in [1.82, 2.24) is 0 Å². The standard InChI is InChI=1S/C20H29N/c1-3-5-7-9-16-11-12-17-13-14-20(21)18(19(17)15-16)10-8-6-4-2/h11-15H,3-10,21H2,1-2H3. The summed E-state index contributed by atoms with van der Waals surface area (Å²) in [7, 11) is 0. The van der Waals surface area contributed by atoms with E-state index in [1.54, 1.807) is 0 Å². The minimum Gasteiger partial charge on any atom is -0.398 e. The van der Waals surface area contributed by atoms with Crippen molar-refractivity contribution in [2.75, 3.05) is 5.73 Å². The predicted octanol–water partition coefficient (Wildman–Crippen LogP) is 5.89. The highest BCUT2D eigenvalue weighted by molar-refractivity contribution is 5.90. The van der Waals surface area contributed by atoms with Gasteiger partial charge < -0.3 is 5.73 Å². The molecule has 0 unspecified atom stereocenters. The summed E-state index contributed by atoms with van der Waals surface area (Å²) in [6.45, 7) is 4.51. The number of nitrogens with two attached hydrogens (primary N) is 1. The molecule has 0 bridgehead atoms. The topological polar surface area (TPSA) is 26.0 Å². The lowest BCUT2D eigenvalue weighted by Gasteiger charge is -2.12. The summed E-state index contributed by atoms with van der Waals surface area (Å²) in [5.41, 5.74) is 10.0. The molecule has 0 heterocycles. The van der Waals surface area contributed by atoms with Crippen LogP contribution in [0.5, 0.6) is 0 Å². The van der Waals surface area contributed by atoms with Crippen LogP contribution in [-0.4, -0.2) is 0 Å². The smallest absolute Gasteiger partial charge is 0.0353 e. The fourth-order valence-electron chi connectivity index (χ4n) is 3.01. The lowest BCUT2D eigenvalue weighted by atomic mass is 9.95. The fraction of sp³-hybridized carbons (Fsp3) is 0.500. The molecule has 0 aliphatic carbocycles. The monoisotopic (exact) mass is 283 g/mol. The molecular weight excluding hydrogens is 254 g/mol. The molecule has 0 spiro atoms. The molecule has 2 aromatic carbocycles. The number of rotatable bonds is 8. The second-order valence-electron chi connectivity index (χ2n) is 6.10. The van der Waals surface area contributed by atoms with Crippen molar-refractivity contribution >= 4 is 16.5 Å². The Balaban J connectivity index is 2.26. The summed E-state index contributed by atoms with van der Waals surface area (Å²) in [6, 6.07) is 11.1. The van der Waals surface area contributed by atoms with Gasteiger partial charge >= 0.3 is 0 Å². The maximum atomic E-state index is 6.24. The fourth-order valence-corrected chi connectivity index (χ4v) is 3.01. The van der Waals surface area contributed by atoms with E-state index in [-0.39, 0.29) is 0 Å². The molecule has 0 fully saturated rings. The van der Waals surface area contributed by atoms with Crippen LogP contribution in [0.3, 0.4) is 0 Å². The molecule has 1 heteroatoms. The Labute approximate surface area is 129 Å². The van der Waals surface area contributed by atoms with Crippen molar-refractivity contribution in [1.29, 1.82) is 0 Å². The summed E-state index contributed by atoms with van der Waals surface area (Å²) >= 11 is 0. The summed E-state index contributed by atoms with van der Waals surface area (Å²) < 4.78 is 0. The molecule has 114 valence electrons. The normalized spacial score (nSPS) is 11.1. The third kappa shape index (κ3) is 4.23. The highest BCUT2D eigenvalue weighted by atomic mass is 14.6. The Bertz CT molecular complexity index is 571. The summed E-state index contributed by atoms with van der Waals surface area (Å²) in [5.74, 6) is 0. The highest BCUT2D eigenvalue weighted by Crippen LogP contribution is 2.27. The quantitative estimate of drug-likeness (QED) is 0.474. The van der Waals surface area contributed by atoms with Crippen molar-refractivity contribution in [2.45, 2.75) is 65.2 Å². The first-order chi connectivity index (χ1) is 10.3. The average Bonchev–Trinajstić information content (AvgIpc) is 2.50. The van der Waals surface area contributed by atoms with Crippen molar-refractivity contribution in [2.24, 2.45) is 0 Å². The lowest BCUT2D eigenvalue weighted by Crippen LogP contribution is -1.97.